The summed E-state index contributed by atoms with van der Waals surface area (Å²) in [5, 5.41) is 17.3. The molecule has 0 saturated heterocycles. The third-order valence-electron chi connectivity index (χ3n) is 2.40. The lowest BCUT2D eigenvalue weighted by molar-refractivity contribution is 0.102. The smallest absolute Gasteiger partial charge is 0.216 e. The highest BCUT2D eigenvalue weighted by molar-refractivity contribution is 6.30. The lowest BCUT2D eigenvalue weighted by Gasteiger charge is -1.99. The van der Waals surface area contributed by atoms with Gasteiger partial charge in [0, 0.05) is 23.0 Å². The molecule has 1 aromatic carbocycles. The number of hydrogen-bond donors (Lipinski definition) is 1. The first-order valence-corrected chi connectivity index (χ1v) is 6.05. The molecule has 0 aliphatic carbocycles. The Bertz CT molecular complexity index is 652. The lowest BCUT2D eigenvalue weighted by atomic mass is 10.1. The van der Waals surface area contributed by atoms with Crippen molar-refractivity contribution in [3.05, 3.63) is 71.3 Å². The molecule has 0 atom stereocenters. The SMILES string of the molecule is O=C(C(=CO)N=Nc1ccc(Cl)cc1)c1ccncc1. The highest BCUT2D eigenvalue weighted by Crippen LogP contribution is 2.18. The highest BCUT2D eigenvalue weighted by atomic mass is 35.5. The van der Waals surface area contributed by atoms with Gasteiger partial charge in [-0.25, -0.2) is 0 Å². The maximum absolute atomic E-state index is 12.0. The Kier molecular flexibility index (Phi) is 4.57. The number of pyridine rings is 1. The van der Waals surface area contributed by atoms with Crippen molar-refractivity contribution in [2.45, 2.75) is 0 Å². The molecule has 6 heteroatoms. The fourth-order valence-electron chi connectivity index (χ4n) is 1.40. The normalized spacial score (nSPS) is 11.8. The van der Waals surface area contributed by atoms with Gasteiger partial charge in [0.2, 0.25) is 5.78 Å². The molecule has 5 nitrogen and oxygen atoms in total. The van der Waals surface area contributed by atoms with Crippen LogP contribution in [0, 0.1) is 0 Å². The largest absolute Gasteiger partial charge is 0.513 e. The minimum Gasteiger partial charge on any atom is -0.513 e. The van der Waals surface area contributed by atoms with Gasteiger partial charge in [-0.05, 0) is 36.4 Å². The van der Waals surface area contributed by atoms with Crippen molar-refractivity contribution in [3.63, 3.8) is 0 Å². The number of hydrogen-bond acceptors (Lipinski definition) is 5. The van der Waals surface area contributed by atoms with Crippen LogP contribution in [0.4, 0.5) is 5.69 Å². The van der Waals surface area contributed by atoms with Crippen LogP contribution >= 0.6 is 11.6 Å². The molecule has 0 aliphatic rings. The third kappa shape index (κ3) is 3.49. The predicted molar refractivity (Wildman–Crippen MR) is 75.2 cm³/mol. The van der Waals surface area contributed by atoms with E-state index in [1.54, 1.807) is 24.3 Å². The number of nitrogens with zero attached hydrogens (tertiary/aromatic N) is 3. The number of ketones is 1. The molecular weight excluding hydrogens is 278 g/mol. The van der Waals surface area contributed by atoms with E-state index in [0.717, 1.165) is 0 Å². The molecule has 0 bridgehead atoms. The molecule has 1 N–H and O–H groups in total. The first-order valence-electron chi connectivity index (χ1n) is 5.67. The average Bonchev–Trinajstić information content (AvgIpc) is 2.50. The quantitative estimate of drug-likeness (QED) is 0.398. The number of Topliss-reactive ketones (excluding diaryl/α,β-unsaturated/α-hetero) is 1. The van der Waals surface area contributed by atoms with Gasteiger partial charge in [0.1, 0.15) is 6.26 Å². The fourth-order valence-corrected chi connectivity index (χ4v) is 1.53. The van der Waals surface area contributed by atoms with Crippen LogP contribution in [0.1, 0.15) is 10.4 Å². The van der Waals surface area contributed by atoms with E-state index >= 15 is 0 Å². The number of aromatic nitrogens is 1. The maximum atomic E-state index is 12.0. The monoisotopic (exact) mass is 287 g/mol. The molecule has 0 spiro atoms. The van der Waals surface area contributed by atoms with Crippen molar-refractivity contribution in [3.8, 4) is 0 Å². The van der Waals surface area contributed by atoms with Crippen LogP contribution in [0.25, 0.3) is 0 Å². The molecule has 20 heavy (non-hydrogen) atoms. The molecule has 0 radical (unpaired) electrons. The van der Waals surface area contributed by atoms with Crippen molar-refractivity contribution in [1.29, 1.82) is 0 Å². The van der Waals surface area contributed by atoms with Gasteiger partial charge in [-0.2, -0.15) is 5.11 Å². The van der Waals surface area contributed by atoms with E-state index in [1.165, 1.54) is 24.5 Å². The first kappa shape index (κ1) is 13.9. The van der Waals surface area contributed by atoms with Gasteiger partial charge in [-0.3, -0.25) is 9.78 Å². The minimum atomic E-state index is -0.437. The van der Waals surface area contributed by atoms with Gasteiger partial charge in [-0.1, -0.05) is 11.6 Å². The molecule has 2 aromatic rings. The van der Waals surface area contributed by atoms with Gasteiger partial charge < -0.3 is 5.11 Å². The van der Waals surface area contributed by atoms with E-state index in [9.17, 15) is 4.79 Å². The van der Waals surface area contributed by atoms with Gasteiger partial charge >= 0.3 is 0 Å². The van der Waals surface area contributed by atoms with E-state index < -0.39 is 5.78 Å². The summed E-state index contributed by atoms with van der Waals surface area (Å²) < 4.78 is 0. The predicted octanol–water partition coefficient (Wildman–Crippen LogP) is 4.10. The molecule has 0 saturated carbocycles. The standard InChI is InChI=1S/C14H10ClN3O2/c15-11-1-3-12(4-2-11)17-18-13(9-19)14(20)10-5-7-16-8-6-10/h1-9,19H. The van der Waals surface area contributed by atoms with Crippen molar-refractivity contribution in [1.82, 2.24) is 4.98 Å². The molecule has 2 rings (SSSR count). The molecule has 0 unspecified atom stereocenters. The number of benzene rings is 1. The van der Waals surface area contributed by atoms with E-state index in [0.29, 0.717) is 22.5 Å². The molecule has 1 aromatic heterocycles. The Morgan fingerprint density at radius 2 is 1.80 bits per heavy atom. The summed E-state index contributed by atoms with van der Waals surface area (Å²) in [7, 11) is 0. The van der Waals surface area contributed by atoms with Crippen LogP contribution in [0.2, 0.25) is 5.02 Å². The second-order valence-corrected chi connectivity index (χ2v) is 4.19. The highest BCUT2D eigenvalue weighted by Gasteiger charge is 2.11. The maximum Gasteiger partial charge on any atom is 0.216 e. The van der Waals surface area contributed by atoms with Crippen LogP contribution in [0.5, 0.6) is 0 Å². The summed E-state index contributed by atoms with van der Waals surface area (Å²) in [6, 6.07) is 9.68. The fraction of sp³-hybridized carbons (Fsp3) is 0. The van der Waals surface area contributed by atoms with Gasteiger partial charge in [0.25, 0.3) is 0 Å². The molecule has 0 aliphatic heterocycles. The Labute approximate surface area is 120 Å². The molecule has 0 amide bonds. The lowest BCUT2D eigenvalue weighted by Crippen LogP contribution is -2.01. The number of azo groups is 1. The summed E-state index contributed by atoms with van der Waals surface area (Å²) in [5.41, 5.74) is 0.734. The van der Waals surface area contributed by atoms with Gasteiger partial charge in [0.15, 0.2) is 5.70 Å². The average molecular weight is 288 g/mol. The molecular formula is C14H10ClN3O2. The zero-order valence-corrected chi connectivity index (χ0v) is 11.0. The van der Waals surface area contributed by atoms with Crippen LogP contribution in [0.15, 0.2) is 71.0 Å². The van der Waals surface area contributed by atoms with E-state index in [4.69, 9.17) is 16.7 Å². The second-order valence-electron chi connectivity index (χ2n) is 3.76. The Hall–Kier alpha value is -2.53. The minimum absolute atomic E-state index is 0.161. The number of aliphatic hydroxyl groups excluding tert-OH is 1. The van der Waals surface area contributed by atoms with Crippen molar-refractivity contribution < 1.29 is 9.90 Å². The number of halogens is 1. The van der Waals surface area contributed by atoms with Crippen molar-refractivity contribution in [2.24, 2.45) is 10.2 Å². The second kappa shape index (κ2) is 6.58. The summed E-state index contributed by atoms with van der Waals surface area (Å²) in [6.07, 6.45) is 3.60. The zero-order chi connectivity index (χ0) is 14.4. The van der Waals surface area contributed by atoms with Crippen molar-refractivity contribution in [2.75, 3.05) is 0 Å². The first-order chi connectivity index (χ1) is 9.70. The van der Waals surface area contributed by atoms with E-state index in [-0.39, 0.29) is 5.70 Å². The van der Waals surface area contributed by atoms with Gasteiger partial charge in [0.05, 0.1) is 5.69 Å². The van der Waals surface area contributed by atoms with Crippen LogP contribution in [-0.4, -0.2) is 15.9 Å². The van der Waals surface area contributed by atoms with Crippen LogP contribution in [-0.2, 0) is 0 Å². The Balaban J connectivity index is 2.18. The van der Waals surface area contributed by atoms with E-state index in [1.807, 2.05) is 0 Å². The number of allylic oxidation sites excluding steroid dienone is 1. The third-order valence-corrected chi connectivity index (χ3v) is 2.65. The molecule has 1 heterocycles. The van der Waals surface area contributed by atoms with Crippen molar-refractivity contribution >= 4 is 23.1 Å². The Morgan fingerprint density at radius 1 is 1.15 bits per heavy atom. The zero-order valence-electron chi connectivity index (χ0n) is 10.3. The summed E-state index contributed by atoms with van der Waals surface area (Å²) in [5.74, 6) is -0.437. The van der Waals surface area contributed by atoms with E-state index in [2.05, 4.69) is 15.2 Å². The number of rotatable bonds is 4. The summed E-state index contributed by atoms with van der Waals surface area (Å²) in [4.78, 5) is 15.8. The summed E-state index contributed by atoms with van der Waals surface area (Å²) >= 11 is 5.75. The Morgan fingerprint density at radius 3 is 2.40 bits per heavy atom. The molecule has 0 fully saturated rings. The number of carbonyl (C=O) groups is 1. The van der Waals surface area contributed by atoms with Gasteiger partial charge in [-0.15, -0.1) is 5.11 Å². The van der Waals surface area contributed by atoms with Crippen LogP contribution in [0.3, 0.4) is 0 Å². The number of carbonyl (C=O) groups excluding carboxylic acids is 1. The number of aliphatic hydroxyl groups is 1. The molecule has 100 valence electrons. The van der Waals surface area contributed by atoms with Crippen LogP contribution < -0.4 is 0 Å². The topological polar surface area (TPSA) is 74.9 Å². The summed E-state index contributed by atoms with van der Waals surface area (Å²) in [6.45, 7) is 0.